The number of nitrogens with one attached hydrogen (secondary N) is 2. The van der Waals surface area contributed by atoms with E-state index in [9.17, 15) is 0 Å². The minimum absolute atomic E-state index is 0.512. The molecule has 3 heteroatoms. The second-order valence-electron chi connectivity index (χ2n) is 2.21. The van der Waals surface area contributed by atoms with E-state index < -0.39 is 0 Å². The summed E-state index contributed by atoms with van der Waals surface area (Å²) < 4.78 is 0. The molecule has 1 unspecified atom stereocenters. The van der Waals surface area contributed by atoms with Crippen molar-refractivity contribution < 1.29 is 5.01 Å². The van der Waals surface area contributed by atoms with Gasteiger partial charge in [-0.2, -0.15) is 0 Å². The molecule has 1 aromatic rings. The molecule has 10 heavy (non-hydrogen) atoms. The third kappa shape index (κ3) is 1.26. The Bertz CT molecular complexity index is 220. The minimum atomic E-state index is 0.512. The van der Waals surface area contributed by atoms with E-state index in [2.05, 4.69) is 0 Å². The Morgan fingerprint density at radius 3 is 2.40 bits per heavy atom. The fourth-order valence-electron chi connectivity index (χ4n) is 0.839. The van der Waals surface area contributed by atoms with Crippen LogP contribution in [0.1, 0.15) is 0 Å². The van der Waals surface area contributed by atoms with Crippen LogP contribution in [0, 0.1) is 0 Å². The van der Waals surface area contributed by atoms with Crippen LogP contribution in [0.25, 0.3) is 5.84 Å². The van der Waals surface area contributed by atoms with E-state index in [1.807, 2.05) is 18.2 Å². The number of hydrogen-bond donors (Lipinski definition) is 2. The molecule has 54 valence electrons. The van der Waals surface area contributed by atoms with E-state index in [0.717, 1.165) is 5.69 Å². The van der Waals surface area contributed by atoms with E-state index in [-0.39, 0.29) is 0 Å². The Kier molecular flexibility index (Phi) is 1.89. The second kappa shape index (κ2) is 2.68. The predicted octanol–water partition coefficient (Wildman–Crippen LogP) is 0.382. The van der Waals surface area contributed by atoms with E-state index in [1.54, 1.807) is 13.1 Å². The first-order chi connectivity index (χ1) is 4.72. The molecule has 0 bridgehead atoms. The van der Waals surface area contributed by atoms with Crippen molar-refractivity contribution in [3.05, 3.63) is 30.1 Å². The van der Waals surface area contributed by atoms with Gasteiger partial charge in [-0.1, -0.05) is 12.1 Å². The average Bonchev–Trinajstić information content (AvgIpc) is 1.88. The van der Waals surface area contributed by atoms with Gasteiger partial charge in [0, 0.05) is 6.07 Å². The summed E-state index contributed by atoms with van der Waals surface area (Å²) in [4.78, 5) is 0. The molecule has 1 atom stereocenters. The highest BCUT2D eigenvalue weighted by Crippen LogP contribution is 2.10. The van der Waals surface area contributed by atoms with Gasteiger partial charge in [0.1, 0.15) is 5.69 Å². The Labute approximate surface area is 60.2 Å². The summed E-state index contributed by atoms with van der Waals surface area (Å²) in [5.74, 6) is 7.30. The number of quaternary nitrogens is 1. The molecule has 3 nitrogen and oxygen atoms in total. The number of anilines is 1. The lowest BCUT2D eigenvalue weighted by molar-refractivity contribution is -0.751. The van der Waals surface area contributed by atoms with Crippen molar-refractivity contribution in [1.82, 2.24) is 0 Å². The van der Waals surface area contributed by atoms with E-state index >= 15 is 0 Å². The third-order valence-corrected chi connectivity index (χ3v) is 1.36. The van der Waals surface area contributed by atoms with Crippen LogP contribution >= 0.6 is 0 Å². The number of nitrogens with two attached hydrogens (primary N) is 1. The van der Waals surface area contributed by atoms with Crippen LogP contribution in [0.2, 0.25) is 0 Å². The molecule has 1 aromatic carbocycles. The summed E-state index contributed by atoms with van der Waals surface area (Å²) in [5, 5.41) is 0.512. The summed E-state index contributed by atoms with van der Waals surface area (Å²) >= 11 is 0. The molecule has 0 aromatic heterocycles. The third-order valence-electron chi connectivity index (χ3n) is 1.36. The van der Waals surface area contributed by atoms with Gasteiger partial charge >= 0.3 is 0 Å². The highest BCUT2D eigenvalue weighted by atomic mass is 15.4. The maximum Gasteiger partial charge on any atom is 0.144 e. The molecule has 0 saturated heterocycles. The van der Waals surface area contributed by atoms with Gasteiger partial charge in [-0.15, -0.1) is 0 Å². The van der Waals surface area contributed by atoms with Crippen molar-refractivity contribution in [2.45, 2.75) is 0 Å². The number of nitrogen functional groups attached to an aromatic ring is 1. The van der Waals surface area contributed by atoms with Crippen molar-refractivity contribution in [1.29, 1.82) is 0 Å². The Hall–Kier alpha value is -1.06. The lowest BCUT2D eigenvalue weighted by Crippen LogP contribution is -2.96. The summed E-state index contributed by atoms with van der Waals surface area (Å²) in [7, 11) is 1.73. The van der Waals surface area contributed by atoms with Crippen LogP contribution in [0.5, 0.6) is 0 Å². The van der Waals surface area contributed by atoms with Crippen molar-refractivity contribution in [2.24, 2.45) is 0 Å². The molecule has 0 aliphatic carbocycles. The van der Waals surface area contributed by atoms with Crippen LogP contribution in [-0.2, 0) is 0 Å². The molecule has 0 fully saturated rings. The lowest BCUT2D eigenvalue weighted by Gasteiger charge is -2.15. The Morgan fingerprint density at radius 2 is 2.00 bits per heavy atom. The quantitative estimate of drug-likeness (QED) is 0.426. The van der Waals surface area contributed by atoms with Gasteiger partial charge in [-0.25, -0.2) is 0 Å². The Balaban J connectivity index is 3.03. The number of para-hydroxylation sites is 2. The normalized spacial score (nSPS) is 13.0. The largest absolute Gasteiger partial charge is 0.464 e. The van der Waals surface area contributed by atoms with E-state index in [4.69, 9.17) is 11.6 Å². The molecule has 4 N–H and O–H groups in total. The molecule has 0 radical (unpaired) electrons. The van der Waals surface area contributed by atoms with Gasteiger partial charge in [0.05, 0.1) is 12.7 Å². The summed E-state index contributed by atoms with van der Waals surface area (Å²) in [6.07, 6.45) is 0. The summed E-state index contributed by atoms with van der Waals surface area (Å²) in [6.45, 7) is 0. The fraction of sp³-hybridized carbons (Fsp3) is 0.143. The van der Waals surface area contributed by atoms with Gasteiger partial charge in [0.15, 0.2) is 0 Å². The highest BCUT2D eigenvalue weighted by Gasteiger charge is 1.98. The van der Waals surface area contributed by atoms with Crippen molar-refractivity contribution in [3.8, 4) is 0 Å². The smallest absolute Gasteiger partial charge is 0.144 e. The number of hydrogen-bond acceptors (Lipinski definition) is 1. The summed E-state index contributed by atoms with van der Waals surface area (Å²) in [5.41, 5.74) is 7.08. The number of rotatable bonds is 1. The highest BCUT2D eigenvalue weighted by molar-refractivity contribution is 5.56. The molecule has 0 aliphatic rings. The van der Waals surface area contributed by atoms with Crippen LogP contribution in [0.3, 0.4) is 0 Å². The van der Waals surface area contributed by atoms with Gasteiger partial charge in [-0.05, 0) is 6.07 Å². The fourth-order valence-corrected chi connectivity index (χ4v) is 0.839. The lowest BCUT2D eigenvalue weighted by atomic mass is 10.3. The molecule has 0 amide bonds. The maximum atomic E-state index is 7.30. The molecule has 1 rings (SSSR count). The predicted molar refractivity (Wildman–Crippen MR) is 41.7 cm³/mol. The van der Waals surface area contributed by atoms with Gasteiger partial charge in [-0.3, -0.25) is 0 Å². The molecular weight excluding hydrogens is 126 g/mol. The Morgan fingerprint density at radius 1 is 1.40 bits per heavy atom. The van der Waals surface area contributed by atoms with E-state index in [1.165, 1.54) is 0 Å². The van der Waals surface area contributed by atoms with Crippen molar-refractivity contribution in [2.75, 3.05) is 12.8 Å². The first-order valence-corrected chi connectivity index (χ1v) is 3.12. The van der Waals surface area contributed by atoms with Crippen LogP contribution < -0.4 is 10.7 Å². The molecule has 0 heterocycles. The first kappa shape index (κ1) is 7.05. The summed E-state index contributed by atoms with van der Waals surface area (Å²) in [6, 6.07) is 7.39. The SMILES string of the molecule is C[NH+]([NH-])c1ccccc1N. The second-order valence-corrected chi connectivity index (χ2v) is 2.21. The van der Waals surface area contributed by atoms with Gasteiger partial charge < -0.3 is 16.6 Å². The molecule has 0 saturated carbocycles. The van der Waals surface area contributed by atoms with Crippen LogP contribution in [0.4, 0.5) is 11.4 Å². The standard InChI is InChI=1S/C7H11N3/c1-10(9)7-5-3-2-4-6(7)8/h2-5,9-10H,8H2,1H3. The van der Waals surface area contributed by atoms with Crippen LogP contribution in [0.15, 0.2) is 24.3 Å². The zero-order valence-corrected chi connectivity index (χ0v) is 5.89. The van der Waals surface area contributed by atoms with E-state index in [0.29, 0.717) is 10.7 Å². The maximum absolute atomic E-state index is 7.30. The number of benzene rings is 1. The molecule has 0 spiro atoms. The minimum Gasteiger partial charge on any atom is -0.464 e. The zero-order valence-electron chi connectivity index (χ0n) is 5.89. The molecular formula is C7H11N3. The molecule has 0 aliphatic heterocycles. The van der Waals surface area contributed by atoms with Crippen molar-refractivity contribution >= 4 is 11.4 Å². The average molecular weight is 137 g/mol. The topological polar surface area (TPSA) is 54.3 Å². The van der Waals surface area contributed by atoms with Crippen LogP contribution in [-0.4, -0.2) is 7.05 Å². The monoisotopic (exact) mass is 137 g/mol. The van der Waals surface area contributed by atoms with Crippen molar-refractivity contribution in [3.63, 3.8) is 0 Å². The zero-order chi connectivity index (χ0) is 7.56. The van der Waals surface area contributed by atoms with Gasteiger partial charge in [0.25, 0.3) is 0 Å². The first-order valence-electron chi connectivity index (χ1n) is 3.12. The van der Waals surface area contributed by atoms with Gasteiger partial charge in [0.2, 0.25) is 0 Å².